The Hall–Kier alpha value is -2.41. The van der Waals surface area contributed by atoms with Crippen LogP contribution in [0.1, 0.15) is 12.2 Å². The maximum absolute atomic E-state index is 11.6. The maximum Gasteiger partial charge on any atom is 0.328 e. The third-order valence-corrected chi connectivity index (χ3v) is 2.84. The van der Waals surface area contributed by atoms with Gasteiger partial charge in [-0.2, -0.15) is 0 Å². The van der Waals surface area contributed by atoms with Gasteiger partial charge >= 0.3 is 5.97 Å². The second kappa shape index (κ2) is 6.16. The molecule has 0 spiro atoms. The molecule has 0 aliphatic rings. The lowest BCUT2D eigenvalue weighted by atomic mass is 10.2. The van der Waals surface area contributed by atoms with Crippen LogP contribution in [0.5, 0.6) is 0 Å². The number of amides is 1. The van der Waals surface area contributed by atoms with Crippen LogP contribution in [0.25, 0.3) is 11.0 Å². The number of hydrogen-bond acceptors (Lipinski definition) is 4. The number of aromatic amines is 1. The van der Waals surface area contributed by atoms with E-state index in [1.54, 1.807) is 0 Å². The van der Waals surface area contributed by atoms with Gasteiger partial charge in [-0.1, -0.05) is 12.1 Å². The van der Waals surface area contributed by atoms with E-state index >= 15 is 0 Å². The highest BCUT2D eigenvalue weighted by atomic mass is 16.4. The molecule has 0 radical (unpaired) electrons. The van der Waals surface area contributed by atoms with Crippen molar-refractivity contribution in [1.82, 2.24) is 15.3 Å². The first-order chi connectivity index (χ1) is 9.60. The summed E-state index contributed by atoms with van der Waals surface area (Å²) in [4.78, 5) is 29.6. The molecule has 7 heteroatoms. The highest BCUT2D eigenvalue weighted by molar-refractivity contribution is 5.83. The maximum atomic E-state index is 11.6. The Morgan fingerprint density at radius 1 is 1.35 bits per heavy atom. The van der Waals surface area contributed by atoms with Gasteiger partial charge in [0.1, 0.15) is 11.9 Å². The summed E-state index contributed by atoms with van der Waals surface area (Å²) in [5.74, 6) is -1.03. The van der Waals surface area contributed by atoms with Gasteiger partial charge in [-0.25, -0.2) is 9.78 Å². The summed E-state index contributed by atoms with van der Waals surface area (Å²) in [7, 11) is 0. The molecule has 7 nitrogen and oxygen atoms in total. The zero-order valence-corrected chi connectivity index (χ0v) is 10.7. The molecule has 20 heavy (non-hydrogen) atoms. The number of aromatic nitrogens is 2. The number of carboxylic acids is 1. The first-order valence-electron chi connectivity index (χ1n) is 6.17. The number of carboxylic acid groups (broad SMARTS) is 1. The zero-order chi connectivity index (χ0) is 14.5. The third kappa shape index (κ3) is 3.33. The zero-order valence-electron chi connectivity index (χ0n) is 10.7. The molecule has 2 rings (SSSR count). The van der Waals surface area contributed by atoms with Crippen molar-refractivity contribution in [2.75, 3.05) is 6.61 Å². The van der Waals surface area contributed by atoms with Crippen LogP contribution in [0, 0.1) is 0 Å². The third-order valence-electron chi connectivity index (χ3n) is 2.84. The number of carbonyl (C=O) groups is 2. The minimum absolute atomic E-state index is 0.101. The number of aliphatic hydroxyl groups excluding tert-OH is 1. The number of aliphatic carboxylic acids is 1. The normalized spacial score (nSPS) is 12.2. The van der Waals surface area contributed by atoms with Gasteiger partial charge in [-0.15, -0.1) is 0 Å². The number of para-hydroxylation sites is 2. The molecule has 1 heterocycles. The molecule has 2 aromatic rings. The second-order valence-electron chi connectivity index (χ2n) is 4.34. The Labute approximate surface area is 114 Å². The Morgan fingerprint density at radius 3 is 2.75 bits per heavy atom. The van der Waals surface area contributed by atoms with Gasteiger partial charge in [0.05, 0.1) is 17.6 Å². The average Bonchev–Trinajstić information content (AvgIpc) is 2.85. The van der Waals surface area contributed by atoms with Crippen LogP contribution in [-0.4, -0.2) is 44.7 Å². The van der Waals surface area contributed by atoms with Crippen molar-refractivity contribution in [2.24, 2.45) is 0 Å². The van der Waals surface area contributed by atoms with Crippen LogP contribution < -0.4 is 5.32 Å². The molecular formula is C13H15N3O4. The quantitative estimate of drug-likeness (QED) is 0.596. The number of benzene rings is 1. The summed E-state index contributed by atoms with van der Waals surface area (Å²) >= 11 is 0. The number of imidazole rings is 1. The number of carbonyl (C=O) groups excluding carboxylic acids is 1. The SMILES string of the molecule is O=C(CCc1nc2ccccc2[nH]1)NC(CO)C(=O)O. The van der Waals surface area contributed by atoms with E-state index in [1.165, 1.54) is 0 Å². The summed E-state index contributed by atoms with van der Waals surface area (Å²) in [5, 5.41) is 19.8. The van der Waals surface area contributed by atoms with Crippen LogP contribution >= 0.6 is 0 Å². The van der Waals surface area contributed by atoms with Gasteiger partial charge in [-0.05, 0) is 12.1 Å². The van der Waals surface area contributed by atoms with Crippen molar-refractivity contribution in [3.8, 4) is 0 Å². The average molecular weight is 277 g/mol. The molecule has 0 bridgehead atoms. The van der Waals surface area contributed by atoms with Crippen molar-refractivity contribution in [3.05, 3.63) is 30.1 Å². The number of hydrogen-bond donors (Lipinski definition) is 4. The monoisotopic (exact) mass is 277 g/mol. The first kappa shape index (κ1) is 14.0. The predicted molar refractivity (Wildman–Crippen MR) is 71.1 cm³/mol. The molecule has 1 aromatic carbocycles. The fourth-order valence-corrected chi connectivity index (χ4v) is 1.81. The van der Waals surface area contributed by atoms with E-state index in [9.17, 15) is 9.59 Å². The van der Waals surface area contributed by atoms with Gasteiger partial charge in [0, 0.05) is 12.8 Å². The second-order valence-corrected chi connectivity index (χ2v) is 4.34. The fourth-order valence-electron chi connectivity index (χ4n) is 1.81. The molecular weight excluding hydrogens is 262 g/mol. The van der Waals surface area contributed by atoms with Gasteiger partial charge in [0.2, 0.25) is 5.91 Å². The topological polar surface area (TPSA) is 115 Å². The number of rotatable bonds is 6. The lowest BCUT2D eigenvalue weighted by molar-refractivity contribution is -0.142. The van der Waals surface area contributed by atoms with Crippen LogP contribution in [0.2, 0.25) is 0 Å². The molecule has 4 N–H and O–H groups in total. The van der Waals surface area contributed by atoms with Gasteiger partial charge in [0.25, 0.3) is 0 Å². The number of H-pyrrole nitrogens is 1. The lowest BCUT2D eigenvalue weighted by Crippen LogP contribution is -2.43. The molecule has 1 aromatic heterocycles. The Balaban J connectivity index is 1.91. The van der Waals surface area contributed by atoms with Crippen molar-refractivity contribution in [1.29, 1.82) is 0 Å². The van der Waals surface area contributed by atoms with E-state index in [1.807, 2.05) is 24.3 Å². The molecule has 1 unspecified atom stereocenters. The fraction of sp³-hybridized carbons (Fsp3) is 0.308. The van der Waals surface area contributed by atoms with E-state index < -0.39 is 24.5 Å². The number of fused-ring (bicyclic) bond motifs is 1. The van der Waals surface area contributed by atoms with Gasteiger partial charge < -0.3 is 20.5 Å². The number of nitrogens with one attached hydrogen (secondary N) is 2. The van der Waals surface area contributed by atoms with E-state index in [-0.39, 0.29) is 6.42 Å². The summed E-state index contributed by atoms with van der Waals surface area (Å²) in [5.41, 5.74) is 1.71. The van der Waals surface area contributed by atoms with E-state index in [4.69, 9.17) is 10.2 Å². The first-order valence-corrected chi connectivity index (χ1v) is 6.17. The van der Waals surface area contributed by atoms with E-state index in [2.05, 4.69) is 15.3 Å². The Morgan fingerprint density at radius 2 is 2.10 bits per heavy atom. The van der Waals surface area contributed by atoms with E-state index in [0.29, 0.717) is 12.2 Å². The van der Waals surface area contributed by atoms with Crippen molar-refractivity contribution < 1.29 is 19.8 Å². The summed E-state index contributed by atoms with van der Waals surface area (Å²) in [6, 6.07) is 6.24. The van der Waals surface area contributed by atoms with Crippen molar-refractivity contribution in [2.45, 2.75) is 18.9 Å². The van der Waals surface area contributed by atoms with Crippen LogP contribution in [0.4, 0.5) is 0 Å². The Kier molecular flexibility index (Phi) is 4.31. The number of aliphatic hydroxyl groups is 1. The van der Waals surface area contributed by atoms with Crippen molar-refractivity contribution in [3.63, 3.8) is 0 Å². The molecule has 0 saturated carbocycles. The summed E-state index contributed by atoms with van der Waals surface area (Å²) in [6.45, 7) is -0.633. The molecule has 0 fully saturated rings. The Bertz CT molecular complexity index is 590. The summed E-state index contributed by atoms with van der Waals surface area (Å²) in [6.07, 6.45) is 0.474. The smallest absolute Gasteiger partial charge is 0.328 e. The van der Waals surface area contributed by atoms with Crippen LogP contribution in [0.15, 0.2) is 24.3 Å². The highest BCUT2D eigenvalue weighted by Crippen LogP contribution is 2.11. The standard InChI is InChI=1S/C13H15N3O4/c17-7-10(13(19)20)16-12(18)6-5-11-14-8-3-1-2-4-9(8)15-11/h1-4,10,17H,5-7H2,(H,14,15)(H,16,18)(H,19,20). The molecule has 0 aliphatic carbocycles. The van der Waals surface area contributed by atoms with E-state index in [0.717, 1.165) is 11.0 Å². The predicted octanol–water partition coefficient (Wildman–Crippen LogP) is 0.0572. The van der Waals surface area contributed by atoms with Gasteiger partial charge in [0.15, 0.2) is 0 Å². The number of nitrogens with zero attached hydrogens (tertiary/aromatic N) is 1. The molecule has 1 amide bonds. The summed E-state index contributed by atoms with van der Waals surface area (Å²) < 4.78 is 0. The van der Waals surface area contributed by atoms with Crippen molar-refractivity contribution >= 4 is 22.9 Å². The minimum Gasteiger partial charge on any atom is -0.480 e. The lowest BCUT2D eigenvalue weighted by Gasteiger charge is -2.10. The van der Waals surface area contributed by atoms with Crippen LogP contribution in [0.3, 0.4) is 0 Å². The van der Waals surface area contributed by atoms with Gasteiger partial charge in [-0.3, -0.25) is 4.79 Å². The molecule has 0 aliphatic heterocycles. The highest BCUT2D eigenvalue weighted by Gasteiger charge is 2.18. The molecule has 106 valence electrons. The number of aryl methyl sites for hydroxylation is 1. The minimum atomic E-state index is -1.27. The largest absolute Gasteiger partial charge is 0.480 e. The molecule has 0 saturated heterocycles. The van der Waals surface area contributed by atoms with Crippen LogP contribution in [-0.2, 0) is 16.0 Å². The molecule has 1 atom stereocenters.